The maximum Gasteiger partial charge on any atom is 0.233 e. The molecule has 0 spiro atoms. The number of ether oxygens (including phenoxy) is 1. The van der Waals surface area contributed by atoms with E-state index in [0.717, 1.165) is 29.9 Å². The molecule has 1 heterocycles. The van der Waals surface area contributed by atoms with Crippen LogP contribution in [0, 0.1) is 0 Å². The predicted octanol–water partition coefficient (Wildman–Crippen LogP) is 1.85. The third-order valence-corrected chi connectivity index (χ3v) is 5.76. The molecule has 5 nitrogen and oxygen atoms in total. The van der Waals surface area contributed by atoms with Crippen LogP contribution in [0.5, 0.6) is 0 Å². The molecule has 0 atom stereocenters. The van der Waals surface area contributed by atoms with Gasteiger partial charge in [0.2, 0.25) is 10.0 Å². The van der Waals surface area contributed by atoms with Crippen molar-refractivity contribution in [2.45, 2.75) is 18.4 Å². The molecule has 128 valence electrons. The molecule has 1 fully saturated rings. The molecule has 0 saturated carbocycles. The highest BCUT2D eigenvalue weighted by molar-refractivity contribution is 7.99. The van der Waals surface area contributed by atoms with Gasteiger partial charge in [0.1, 0.15) is 0 Å². The summed E-state index contributed by atoms with van der Waals surface area (Å²) in [5.41, 5.74) is 0.319. The van der Waals surface area contributed by atoms with Crippen molar-refractivity contribution in [3.05, 3.63) is 41.3 Å². The first-order chi connectivity index (χ1) is 11.1. The normalized spacial score (nSPS) is 18.3. The summed E-state index contributed by atoms with van der Waals surface area (Å²) in [5.74, 6) is 1.88. The fraction of sp³-hybridized carbons (Fsp3) is 0.500. The van der Waals surface area contributed by atoms with Gasteiger partial charge in [-0.05, 0) is 36.0 Å². The molecule has 0 aromatic heterocycles. The molecule has 1 aliphatic heterocycles. The van der Waals surface area contributed by atoms with Crippen LogP contribution in [0.4, 0.5) is 0 Å². The largest absolute Gasteiger partial charge is 0.394 e. The van der Waals surface area contributed by atoms with Crippen LogP contribution < -0.4 is 4.72 Å². The van der Waals surface area contributed by atoms with E-state index < -0.39 is 15.6 Å². The number of aliphatic hydroxyl groups is 1. The zero-order chi connectivity index (χ0) is 16.6. The Bertz CT molecular complexity index is 596. The van der Waals surface area contributed by atoms with E-state index in [0.29, 0.717) is 0 Å². The molecule has 1 saturated heterocycles. The monoisotopic (exact) mass is 357 g/mol. The molecule has 0 unspecified atom stereocenters. The van der Waals surface area contributed by atoms with E-state index in [1.165, 1.54) is 5.41 Å². The quantitative estimate of drug-likeness (QED) is 0.743. The van der Waals surface area contributed by atoms with E-state index in [1.807, 2.05) is 42.1 Å². The number of hydrogen-bond donors (Lipinski definition) is 2. The van der Waals surface area contributed by atoms with Gasteiger partial charge in [0, 0.05) is 12.0 Å². The summed E-state index contributed by atoms with van der Waals surface area (Å²) in [6.07, 6.45) is 3.13. The van der Waals surface area contributed by atoms with Gasteiger partial charge in [-0.1, -0.05) is 30.3 Å². The van der Waals surface area contributed by atoms with Crippen LogP contribution in [0.15, 0.2) is 35.7 Å². The first kappa shape index (κ1) is 18.5. The van der Waals surface area contributed by atoms with E-state index in [2.05, 4.69) is 4.72 Å². The second kappa shape index (κ2) is 8.84. The Balaban J connectivity index is 1.97. The Morgan fingerprint density at radius 2 is 1.96 bits per heavy atom. The zero-order valence-corrected chi connectivity index (χ0v) is 14.6. The van der Waals surface area contributed by atoms with Gasteiger partial charge in [0.15, 0.2) is 0 Å². The van der Waals surface area contributed by atoms with Gasteiger partial charge in [-0.2, -0.15) is 11.8 Å². The number of rotatable bonds is 8. The van der Waals surface area contributed by atoms with E-state index in [-0.39, 0.29) is 19.8 Å². The van der Waals surface area contributed by atoms with Gasteiger partial charge in [0.25, 0.3) is 0 Å². The summed E-state index contributed by atoms with van der Waals surface area (Å²) in [5, 5.41) is 10.1. The van der Waals surface area contributed by atoms with Crippen molar-refractivity contribution in [2.24, 2.45) is 0 Å². The lowest BCUT2D eigenvalue weighted by Crippen LogP contribution is -2.47. The summed E-state index contributed by atoms with van der Waals surface area (Å²) in [6.45, 7) is 0.400. The van der Waals surface area contributed by atoms with Crippen molar-refractivity contribution in [1.29, 1.82) is 0 Å². The molecular weight excluding hydrogens is 334 g/mol. The molecule has 1 aromatic carbocycles. The lowest BCUT2D eigenvalue weighted by atomic mass is 9.97. The zero-order valence-electron chi connectivity index (χ0n) is 13.0. The van der Waals surface area contributed by atoms with Crippen LogP contribution in [0.25, 0.3) is 6.08 Å². The van der Waals surface area contributed by atoms with Crippen molar-refractivity contribution in [3.63, 3.8) is 0 Å². The fourth-order valence-electron chi connectivity index (χ4n) is 2.39. The topological polar surface area (TPSA) is 75.6 Å². The van der Waals surface area contributed by atoms with Crippen LogP contribution in [0.1, 0.15) is 18.4 Å². The Labute approximate surface area is 142 Å². The fourth-order valence-corrected chi connectivity index (χ4v) is 4.52. The number of aliphatic hydroxyl groups excluding tert-OH is 1. The van der Waals surface area contributed by atoms with Crippen LogP contribution in [-0.2, 0) is 14.8 Å². The average molecular weight is 357 g/mol. The Morgan fingerprint density at radius 3 is 2.61 bits per heavy atom. The molecule has 0 radical (unpaired) electrons. The van der Waals surface area contributed by atoms with Gasteiger partial charge in [0.05, 0.1) is 18.8 Å². The molecule has 0 amide bonds. The highest BCUT2D eigenvalue weighted by atomic mass is 32.2. The minimum Gasteiger partial charge on any atom is -0.394 e. The molecule has 2 rings (SSSR count). The van der Waals surface area contributed by atoms with Gasteiger partial charge >= 0.3 is 0 Å². The first-order valence-corrected chi connectivity index (χ1v) is 10.3. The number of hydrogen-bond acceptors (Lipinski definition) is 5. The number of nitrogens with one attached hydrogen (secondary N) is 1. The Morgan fingerprint density at radius 1 is 1.26 bits per heavy atom. The third-order valence-electron chi connectivity index (χ3n) is 3.74. The van der Waals surface area contributed by atoms with Crippen molar-refractivity contribution in [2.75, 3.05) is 31.3 Å². The average Bonchev–Trinajstić information content (AvgIpc) is 2.59. The molecule has 0 aliphatic carbocycles. The number of benzene rings is 1. The van der Waals surface area contributed by atoms with E-state index in [9.17, 15) is 8.42 Å². The Kier molecular flexibility index (Phi) is 7.10. The van der Waals surface area contributed by atoms with Crippen LogP contribution >= 0.6 is 11.8 Å². The molecule has 0 bridgehead atoms. The second-order valence-electron chi connectivity index (χ2n) is 5.45. The molecule has 1 aliphatic rings. The minimum absolute atomic E-state index is 0.0600. The number of sulfonamides is 1. The standard InChI is InChI=1S/C16H23NO4S2/c18-9-10-21-16(7-11-22-12-8-16)14-17-23(19,20)13-6-15-4-2-1-3-5-15/h1-6,13,17-18H,7-12,14H2/b13-6+. The summed E-state index contributed by atoms with van der Waals surface area (Å²) in [7, 11) is -3.52. The molecular formula is C16H23NO4S2. The summed E-state index contributed by atoms with van der Waals surface area (Å²) in [4.78, 5) is 0. The molecule has 2 N–H and O–H groups in total. The van der Waals surface area contributed by atoms with Crippen LogP contribution in [0.3, 0.4) is 0 Å². The lowest BCUT2D eigenvalue weighted by Gasteiger charge is -2.36. The first-order valence-electron chi connectivity index (χ1n) is 7.61. The minimum atomic E-state index is -3.52. The summed E-state index contributed by atoms with van der Waals surface area (Å²) < 4.78 is 32.7. The maximum absolute atomic E-state index is 12.2. The van der Waals surface area contributed by atoms with Crippen LogP contribution in [-0.4, -0.2) is 50.4 Å². The highest BCUT2D eigenvalue weighted by Crippen LogP contribution is 2.30. The summed E-state index contributed by atoms with van der Waals surface area (Å²) in [6, 6.07) is 9.29. The van der Waals surface area contributed by atoms with Crippen LogP contribution in [0.2, 0.25) is 0 Å². The predicted molar refractivity (Wildman–Crippen MR) is 94.7 cm³/mol. The second-order valence-corrected chi connectivity index (χ2v) is 8.32. The smallest absolute Gasteiger partial charge is 0.233 e. The summed E-state index contributed by atoms with van der Waals surface area (Å²) >= 11 is 1.84. The molecule has 23 heavy (non-hydrogen) atoms. The third kappa shape index (κ3) is 6.27. The van der Waals surface area contributed by atoms with Crippen molar-refractivity contribution < 1.29 is 18.3 Å². The van der Waals surface area contributed by atoms with Gasteiger partial charge < -0.3 is 9.84 Å². The Hall–Kier alpha value is -0.860. The molecule has 7 heteroatoms. The number of thioether (sulfide) groups is 1. The van der Waals surface area contributed by atoms with Gasteiger partial charge in [-0.3, -0.25) is 0 Å². The van der Waals surface area contributed by atoms with Crippen molar-refractivity contribution in [3.8, 4) is 0 Å². The van der Waals surface area contributed by atoms with Gasteiger partial charge in [-0.25, -0.2) is 13.1 Å². The SMILES string of the molecule is O=S(=O)(/C=C/c1ccccc1)NCC1(OCCO)CCSCC1. The highest BCUT2D eigenvalue weighted by Gasteiger charge is 2.34. The van der Waals surface area contributed by atoms with E-state index in [1.54, 1.807) is 6.08 Å². The van der Waals surface area contributed by atoms with E-state index in [4.69, 9.17) is 9.84 Å². The van der Waals surface area contributed by atoms with Gasteiger partial charge in [-0.15, -0.1) is 0 Å². The van der Waals surface area contributed by atoms with E-state index >= 15 is 0 Å². The van der Waals surface area contributed by atoms with Crippen molar-refractivity contribution in [1.82, 2.24) is 4.72 Å². The maximum atomic E-state index is 12.2. The molecule has 1 aromatic rings. The lowest BCUT2D eigenvalue weighted by molar-refractivity contribution is -0.0590. The van der Waals surface area contributed by atoms with Crippen molar-refractivity contribution >= 4 is 27.9 Å².